The molecule has 0 bridgehead atoms. The van der Waals surface area contributed by atoms with Gasteiger partial charge in [-0.2, -0.15) is 5.26 Å². The van der Waals surface area contributed by atoms with Crippen molar-refractivity contribution in [1.82, 2.24) is 4.57 Å². The number of aromatic nitrogens is 1. The smallest absolute Gasteiger partial charge is 0.269 e. The summed E-state index contributed by atoms with van der Waals surface area (Å²) in [6, 6.07) is 14.2. The van der Waals surface area contributed by atoms with Gasteiger partial charge in [0.25, 0.3) is 5.56 Å². The summed E-state index contributed by atoms with van der Waals surface area (Å²) >= 11 is 0. The molecule has 1 heterocycles. The molecular formula is C20H22N2O. The minimum absolute atomic E-state index is 0.148. The van der Waals surface area contributed by atoms with Gasteiger partial charge >= 0.3 is 0 Å². The monoisotopic (exact) mass is 306 g/mol. The summed E-state index contributed by atoms with van der Waals surface area (Å²) in [5.41, 5.74) is 3.35. The summed E-state index contributed by atoms with van der Waals surface area (Å²) in [7, 11) is 0. The van der Waals surface area contributed by atoms with Crippen molar-refractivity contribution in [3.05, 3.63) is 57.9 Å². The Labute approximate surface area is 137 Å². The molecule has 1 aromatic heterocycles. The Balaban J connectivity index is 2.13. The summed E-state index contributed by atoms with van der Waals surface area (Å²) in [6.45, 7) is 4.34. The van der Waals surface area contributed by atoms with Crippen molar-refractivity contribution < 1.29 is 0 Å². The third-order valence-electron chi connectivity index (χ3n) is 4.80. The fraction of sp³-hybridized carbons (Fsp3) is 0.400. The molecule has 2 aromatic rings. The highest BCUT2D eigenvalue weighted by atomic mass is 16.1. The molecule has 0 amide bonds. The van der Waals surface area contributed by atoms with Crippen molar-refractivity contribution in [2.45, 2.75) is 51.5 Å². The van der Waals surface area contributed by atoms with Crippen LogP contribution in [0.5, 0.6) is 0 Å². The van der Waals surface area contributed by atoms with Gasteiger partial charge in [0.2, 0.25) is 0 Å². The van der Waals surface area contributed by atoms with Gasteiger partial charge in [0.15, 0.2) is 0 Å². The van der Waals surface area contributed by atoms with Crippen LogP contribution in [0.2, 0.25) is 0 Å². The molecule has 1 saturated carbocycles. The van der Waals surface area contributed by atoms with Crippen LogP contribution in [0.25, 0.3) is 11.3 Å². The van der Waals surface area contributed by atoms with Crippen LogP contribution in [-0.4, -0.2) is 4.57 Å². The SMILES string of the molecule is CC(C)c1ccc(-c2ccc(C#N)c(=O)n2C2CCCC2)cc1. The molecule has 0 radical (unpaired) electrons. The fourth-order valence-corrected chi connectivity index (χ4v) is 3.44. The third kappa shape index (κ3) is 2.94. The van der Waals surface area contributed by atoms with Crippen LogP contribution in [0.3, 0.4) is 0 Å². The average molecular weight is 306 g/mol. The Bertz CT molecular complexity index is 788. The van der Waals surface area contributed by atoms with E-state index in [2.05, 4.69) is 38.1 Å². The van der Waals surface area contributed by atoms with Crippen molar-refractivity contribution in [3.63, 3.8) is 0 Å². The minimum atomic E-state index is -0.148. The number of pyridine rings is 1. The number of benzene rings is 1. The maximum absolute atomic E-state index is 12.7. The zero-order valence-electron chi connectivity index (χ0n) is 13.7. The van der Waals surface area contributed by atoms with Crippen molar-refractivity contribution in [2.75, 3.05) is 0 Å². The first-order valence-corrected chi connectivity index (χ1v) is 8.38. The first-order chi connectivity index (χ1) is 11.1. The summed E-state index contributed by atoms with van der Waals surface area (Å²) in [4.78, 5) is 12.7. The van der Waals surface area contributed by atoms with Gasteiger partial charge in [0.05, 0.1) is 5.69 Å². The average Bonchev–Trinajstić information content (AvgIpc) is 3.08. The van der Waals surface area contributed by atoms with Crippen LogP contribution in [0.15, 0.2) is 41.2 Å². The molecule has 118 valence electrons. The van der Waals surface area contributed by atoms with Crippen LogP contribution in [0.4, 0.5) is 0 Å². The summed E-state index contributed by atoms with van der Waals surface area (Å²) in [5, 5.41) is 9.18. The summed E-state index contributed by atoms with van der Waals surface area (Å²) in [6.07, 6.45) is 4.34. The maximum atomic E-state index is 12.7. The van der Waals surface area contributed by atoms with E-state index >= 15 is 0 Å². The highest BCUT2D eigenvalue weighted by molar-refractivity contribution is 5.61. The van der Waals surface area contributed by atoms with E-state index in [9.17, 15) is 10.1 Å². The van der Waals surface area contributed by atoms with Crippen LogP contribution >= 0.6 is 0 Å². The van der Waals surface area contributed by atoms with E-state index in [0.717, 1.165) is 36.9 Å². The Morgan fingerprint density at radius 1 is 1.09 bits per heavy atom. The van der Waals surface area contributed by atoms with Crippen LogP contribution in [0.1, 0.15) is 62.6 Å². The van der Waals surface area contributed by atoms with E-state index in [0.29, 0.717) is 5.92 Å². The van der Waals surface area contributed by atoms with E-state index in [-0.39, 0.29) is 17.2 Å². The molecular weight excluding hydrogens is 284 g/mol. The maximum Gasteiger partial charge on any atom is 0.269 e. The number of hydrogen-bond donors (Lipinski definition) is 0. The molecule has 1 aromatic carbocycles. The lowest BCUT2D eigenvalue weighted by molar-refractivity contribution is 0.507. The zero-order chi connectivity index (χ0) is 16.4. The Kier molecular flexibility index (Phi) is 4.34. The van der Waals surface area contributed by atoms with Crippen molar-refractivity contribution in [3.8, 4) is 17.3 Å². The Morgan fingerprint density at radius 3 is 2.30 bits per heavy atom. The number of hydrogen-bond acceptors (Lipinski definition) is 2. The largest absolute Gasteiger partial charge is 0.304 e. The molecule has 23 heavy (non-hydrogen) atoms. The summed E-state index contributed by atoms with van der Waals surface area (Å²) in [5.74, 6) is 0.488. The lowest BCUT2D eigenvalue weighted by atomic mass is 10.00. The quantitative estimate of drug-likeness (QED) is 0.830. The molecule has 0 unspecified atom stereocenters. The fourth-order valence-electron chi connectivity index (χ4n) is 3.44. The van der Waals surface area contributed by atoms with Gasteiger partial charge in [-0.3, -0.25) is 4.79 Å². The van der Waals surface area contributed by atoms with Gasteiger partial charge in [0, 0.05) is 6.04 Å². The van der Waals surface area contributed by atoms with Gasteiger partial charge < -0.3 is 4.57 Å². The van der Waals surface area contributed by atoms with Crippen molar-refractivity contribution in [1.29, 1.82) is 5.26 Å². The molecule has 3 rings (SSSR count). The molecule has 3 nitrogen and oxygen atoms in total. The zero-order valence-corrected chi connectivity index (χ0v) is 13.7. The van der Waals surface area contributed by atoms with Crippen LogP contribution in [-0.2, 0) is 0 Å². The van der Waals surface area contributed by atoms with E-state index in [4.69, 9.17) is 0 Å². The second kappa shape index (κ2) is 6.42. The van der Waals surface area contributed by atoms with Crippen LogP contribution in [0, 0.1) is 11.3 Å². The molecule has 0 aliphatic heterocycles. The predicted octanol–water partition coefficient (Wildman–Crippen LogP) is 4.63. The molecule has 0 N–H and O–H groups in total. The molecule has 1 aliphatic rings. The van der Waals surface area contributed by atoms with Crippen LogP contribution < -0.4 is 5.56 Å². The third-order valence-corrected chi connectivity index (χ3v) is 4.80. The van der Waals surface area contributed by atoms with E-state index < -0.39 is 0 Å². The topological polar surface area (TPSA) is 45.8 Å². The normalized spacial score (nSPS) is 15.0. The second-order valence-corrected chi connectivity index (χ2v) is 6.63. The first-order valence-electron chi connectivity index (χ1n) is 8.38. The number of nitrogens with zero attached hydrogens (tertiary/aromatic N) is 2. The molecule has 0 saturated heterocycles. The van der Waals surface area contributed by atoms with Crippen molar-refractivity contribution >= 4 is 0 Å². The van der Waals surface area contributed by atoms with E-state index in [1.54, 1.807) is 6.07 Å². The highest BCUT2D eigenvalue weighted by Crippen LogP contribution is 2.32. The number of rotatable bonds is 3. The number of nitriles is 1. The van der Waals surface area contributed by atoms with Gasteiger partial charge in [-0.15, -0.1) is 0 Å². The predicted molar refractivity (Wildman–Crippen MR) is 92.4 cm³/mol. The first kappa shape index (κ1) is 15.6. The lowest BCUT2D eigenvalue weighted by Crippen LogP contribution is -2.27. The van der Waals surface area contributed by atoms with Gasteiger partial charge in [-0.05, 0) is 42.0 Å². The molecule has 0 atom stereocenters. The summed E-state index contributed by atoms with van der Waals surface area (Å²) < 4.78 is 1.86. The van der Waals surface area contributed by atoms with Crippen molar-refractivity contribution in [2.24, 2.45) is 0 Å². The van der Waals surface area contributed by atoms with Gasteiger partial charge in [0.1, 0.15) is 11.6 Å². The second-order valence-electron chi connectivity index (χ2n) is 6.63. The standard InChI is InChI=1S/C20H22N2O/c1-14(2)15-7-9-16(10-8-15)19-12-11-17(13-21)20(23)22(19)18-5-3-4-6-18/h7-12,14,18H,3-6H2,1-2H3. The Morgan fingerprint density at radius 2 is 1.74 bits per heavy atom. The molecule has 1 aliphatic carbocycles. The van der Waals surface area contributed by atoms with E-state index in [1.165, 1.54) is 5.56 Å². The van der Waals surface area contributed by atoms with E-state index in [1.807, 2.05) is 16.7 Å². The lowest BCUT2D eigenvalue weighted by Gasteiger charge is -2.19. The minimum Gasteiger partial charge on any atom is -0.304 e. The highest BCUT2D eigenvalue weighted by Gasteiger charge is 2.22. The molecule has 1 fully saturated rings. The molecule has 3 heteroatoms. The Hall–Kier alpha value is -2.34. The van der Waals surface area contributed by atoms with Gasteiger partial charge in [-0.1, -0.05) is 51.0 Å². The van der Waals surface area contributed by atoms with Gasteiger partial charge in [-0.25, -0.2) is 0 Å². The molecule has 0 spiro atoms.